The van der Waals surface area contributed by atoms with Crippen molar-refractivity contribution in [3.05, 3.63) is 65.3 Å². The Balaban J connectivity index is 2.43. The number of rotatable bonds is 1. The van der Waals surface area contributed by atoms with Crippen molar-refractivity contribution in [3.8, 4) is 5.82 Å². The van der Waals surface area contributed by atoms with E-state index in [4.69, 9.17) is 0 Å². The topological polar surface area (TPSA) is 47.8 Å². The Bertz CT molecular complexity index is 719. The predicted molar refractivity (Wildman–Crippen MR) is 65.1 cm³/mol. The van der Waals surface area contributed by atoms with Crippen LogP contribution in [0.25, 0.3) is 16.7 Å². The van der Waals surface area contributed by atoms with Gasteiger partial charge >= 0.3 is 5.69 Å². The predicted octanol–water partition coefficient (Wildman–Crippen LogP) is 1.78. The summed E-state index contributed by atoms with van der Waals surface area (Å²) < 4.78 is 1.51. The summed E-state index contributed by atoms with van der Waals surface area (Å²) in [5.74, 6) is 0.585. The molecule has 0 amide bonds. The lowest BCUT2D eigenvalue weighted by Gasteiger charge is -2.07. The Labute approximate surface area is 97.2 Å². The van der Waals surface area contributed by atoms with E-state index in [-0.39, 0.29) is 5.69 Å². The third kappa shape index (κ3) is 1.59. The molecule has 0 saturated carbocycles. The monoisotopic (exact) mass is 223 g/mol. The number of aromatic nitrogens is 3. The largest absolute Gasteiger partial charge is 0.353 e. The van der Waals surface area contributed by atoms with Crippen LogP contribution in [0.4, 0.5) is 0 Å². The molecule has 3 rings (SSSR count). The molecule has 4 nitrogen and oxygen atoms in total. The average Bonchev–Trinajstić information content (AvgIpc) is 2.39. The molecule has 0 unspecified atom stereocenters. The first-order valence-corrected chi connectivity index (χ1v) is 5.24. The van der Waals surface area contributed by atoms with Crippen molar-refractivity contribution in [2.45, 2.75) is 0 Å². The number of fused-ring (bicyclic) bond motifs is 1. The van der Waals surface area contributed by atoms with Crippen LogP contribution in [0.1, 0.15) is 0 Å². The van der Waals surface area contributed by atoms with Gasteiger partial charge in [-0.05, 0) is 18.2 Å². The molecule has 0 aliphatic heterocycles. The Morgan fingerprint density at radius 3 is 2.59 bits per heavy atom. The summed E-state index contributed by atoms with van der Waals surface area (Å²) in [7, 11) is 0. The highest BCUT2D eigenvalue weighted by Crippen LogP contribution is 2.13. The zero-order chi connectivity index (χ0) is 11.7. The van der Waals surface area contributed by atoms with Crippen LogP contribution in [-0.2, 0) is 0 Å². The van der Waals surface area contributed by atoms with Crippen molar-refractivity contribution in [1.29, 1.82) is 0 Å². The van der Waals surface area contributed by atoms with Crippen LogP contribution in [0, 0.1) is 0 Å². The van der Waals surface area contributed by atoms with Crippen molar-refractivity contribution in [2.75, 3.05) is 0 Å². The van der Waals surface area contributed by atoms with Crippen LogP contribution < -0.4 is 5.69 Å². The SMILES string of the molecule is O=c1ncc2ccccc2n1-c1ccccn1. The van der Waals surface area contributed by atoms with E-state index in [9.17, 15) is 4.79 Å². The highest BCUT2D eigenvalue weighted by atomic mass is 16.1. The van der Waals surface area contributed by atoms with Gasteiger partial charge < -0.3 is 0 Å². The Hall–Kier alpha value is -2.49. The molecule has 2 aromatic heterocycles. The lowest BCUT2D eigenvalue weighted by atomic mass is 10.2. The van der Waals surface area contributed by atoms with Crippen LogP contribution in [0.3, 0.4) is 0 Å². The molecule has 0 bridgehead atoms. The minimum Gasteiger partial charge on any atom is -0.245 e. The molecule has 0 radical (unpaired) electrons. The van der Waals surface area contributed by atoms with Gasteiger partial charge in [0.1, 0.15) is 5.82 Å². The fourth-order valence-corrected chi connectivity index (χ4v) is 1.79. The molecule has 0 fully saturated rings. The van der Waals surface area contributed by atoms with Gasteiger partial charge in [-0.25, -0.2) is 19.3 Å². The molecule has 4 heteroatoms. The molecule has 0 atom stereocenters. The molecule has 2 heterocycles. The van der Waals surface area contributed by atoms with Crippen molar-refractivity contribution in [2.24, 2.45) is 0 Å². The number of para-hydroxylation sites is 1. The normalized spacial score (nSPS) is 10.6. The van der Waals surface area contributed by atoms with E-state index in [2.05, 4.69) is 9.97 Å². The standard InChI is InChI=1S/C13H9N3O/c17-13-15-9-10-5-1-2-6-11(10)16(13)12-7-3-4-8-14-12/h1-9H. The van der Waals surface area contributed by atoms with Crippen LogP contribution >= 0.6 is 0 Å². The third-order valence-electron chi connectivity index (χ3n) is 2.56. The summed E-state index contributed by atoms with van der Waals surface area (Å²) in [6.45, 7) is 0. The number of nitrogens with zero attached hydrogens (tertiary/aromatic N) is 3. The van der Waals surface area contributed by atoms with Gasteiger partial charge in [0.05, 0.1) is 5.52 Å². The van der Waals surface area contributed by atoms with E-state index < -0.39 is 0 Å². The zero-order valence-electron chi connectivity index (χ0n) is 8.95. The summed E-state index contributed by atoms with van der Waals surface area (Å²) >= 11 is 0. The number of benzene rings is 1. The second-order valence-electron chi connectivity index (χ2n) is 3.62. The average molecular weight is 223 g/mol. The van der Waals surface area contributed by atoms with Gasteiger partial charge in [0.25, 0.3) is 0 Å². The van der Waals surface area contributed by atoms with E-state index in [0.717, 1.165) is 10.9 Å². The lowest BCUT2D eigenvalue weighted by molar-refractivity contribution is 0.923. The van der Waals surface area contributed by atoms with E-state index in [1.54, 1.807) is 18.5 Å². The van der Waals surface area contributed by atoms with Gasteiger partial charge in [-0.1, -0.05) is 24.3 Å². The van der Waals surface area contributed by atoms with E-state index in [1.807, 2.05) is 36.4 Å². The van der Waals surface area contributed by atoms with Crippen molar-refractivity contribution >= 4 is 10.9 Å². The number of pyridine rings is 1. The van der Waals surface area contributed by atoms with E-state index >= 15 is 0 Å². The summed E-state index contributed by atoms with van der Waals surface area (Å²) in [4.78, 5) is 19.9. The van der Waals surface area contributed by atoms with Gasteiger partial charge in [-0.2, -0.15) is 0 Å². The van der Waals surface area contributed by atoms with Crippen LogP contribution in [0.5, 0.6) is 0 Å². The van der Waals surface area contributed by atoms with Crippen molar-refractivity contribution < 1.29 is 0 Å². The fraction of sp³-hybridized carbons (Fsp3) is 0. The molecule has 0 aliphatic rings. The highest BCUT2D eigenvalue weighted by Gasteiger charge is 2.05. The fourth-order valence-electron chi connectivity index (χ4n) is 1.79. The molecule has 0 saturated heterocycles. The van der Waals surface area contributed by atoms with Gasteiger partial charge in [0.2, 0.25) is 0 Å². The van der Waals surface area contributed by atoms with Gasteiger partial charge in [-0.15, -0.1) is 0 Å². The molecule has 1 aromatic carbocycles. The molecule has 3 aromatic rings. The van der Waals surface area contributed by atoms with E-state index in [0.29, 0.717) is 5.82 Å². The highest BCUT2D eigenvalue weighted by molar-refractivity contribution is 5.79. The molecule has 0 spiro atoms. The zero-order valence-corrected chi connectivity index (χ0v) is 8.95. The summed E-state index contributed by atoms with van der Waals surface area (Å²) in [6, 6.07) is 13.0. The molecular weight excluding hydrogens is 214 g/mol. The van der Waals surface area contributed by atoms with Crippen molar-refractivity contribution in [3.63, 3.8) is 0 Å². The number of hydrogen-bond donors (Lipinski definition) is 0. The Morgan fingerprint density at radius 1 is 0.941 bits per heavy atom. The maximum atomic E-state index is 11.8. The molecule has 82 valence electrons. The molecule has 17 heavy (non-hydrogen) atoms. The van der Waals surface area contributed by atoms with Gasteiger partial charge in [-0.3, -0.25) is 0 Å². The Morgan fingerprint density at radius 2 is 1.76 bits per heavy atom. The molecule has 0 aliphatic carbocycles. The first kappa shape index (κ1) is 9.72. The Kier molecular flexibility index (Phi) is 2.19. The van der Waals surface area contributed by atoms with Gasteiger partial charge in [0, 0.05) is 17.8 Å². The minimum absolute atomic E-state index is 0.317. The lowest BCUT2D eigenvalue weighted by Crippen LogP contribution is -2.21. The second-order valence-corrected chi connectivity index (χ2v) is 3.62. The summed E-state index contributed by atoms with van der Waals surface area (Å²) in [5, 5.41) is 0.915. The van der Waals surface area contributed by atoms with Crippen LogP contribution in [0.2, 0.25) is 0 Å². The molecular formula is C13H9N3O. The molecule has 0 N–H and O–H groups in total. The minimum atomic E-state index is -0.317. The summed E-state index contributed by atoms with van der Waals surface area (Å²) in [5.41, 5.74) is 0.494. The maximum Gasteiger partial charge on any atom is 0.353 e. The maximum absolute atomic E-state index is 11.8. The number of hydrogen-bond acceptors (Lipinski definition) is 3. The van der Waals surface area contributed by atoms with Gasteiger partial charge in [0.15, 0.2) is 0 Å². The second kappa shape index (κ2) is 3.83. The summed E-state index contributed by atoms with van der Waals surface area (Å²) in [6.07, 6.45) is 3.24. The first-order valence-electron chi connectivity index (χ1n) is 5.24. The quantitative estimate of drug-likeness (QED) is 0.631. The van der Waals surface area contributed by atoms with E-state index in [1.165, 1.54) is 4.57 Å². The van der Waals surface area contributed by atoms with Crippen LogP contribution in [0.15, 0.2) is 59.7 Å². The first-order chi connectivity index (χ1) is 8.36. The van der Waals surface area contributed by atoms with Crippen LogP contribution in [-0.4, -0.2) is 14.5 Å². The smallest absolute Gasteiger partial charge is 0.245 e. The van der Waals surface area contributed by atoms with Crippen molar-refractivity contribution in [1.82, 2.24) is 14.5 Å². The third-order valence-corrected chi connectivity index (χ3v) is 2.56.